The van der Waals surface area contributed by atoms with Gasteiger partial charge < -0.3 is 10.1 Å². The summed E-state index contributed by atoms with van der Waals surface area (Å²) >= 11 is 0. The van der Waals surface area contributed by atoms with Crippen LogP contribution < -0.4 is 10.1 Å². The van der Waals surface area contributed by atoms with Crippen molar-refractivity contribution in [3.63, 3.8) is 0 Å². The van der Waals surface area contributed by atoms with E-state index in [0.29, 0.717) is 6.61 Å². The molecule has 0 aliphatic heterocycles. The zero-order chi connectivity index (χ0) is 9.52. The highest BCUT2D eigenvalue weighted by atomic mass is 16.5. The molecule has 1 aromatic rings. The number of rotatable bonds is 5. The Bertz CT molecular complexity index is 250. The summed E-state index contributed by atoms with van der Waals surface area (Å²) in [4.78, 5) is 4.09. The number of pyridine rings is 1. The van der Waals surface area contributed by atoms with E-state index in [4.69, 9.17) is 4.74 Å². The lowest BCUT2D eigenvalue weighted by atomic mass is 10.3. The van der Waals surface area contributed by atoms with Crippen LogP contribution in [0.4, 0.5) is 0 Å². The van der Waals surface area contributed by atoms with Gasteiger partial charge in [0.15, 0.2) is 0 Å². The van der Waals surface area contributed by atoms with Crippen LogP contribution in [0.5, 0.6) is 5.75 Å². The number of aromatic nitrogens is 1. The monoisotopic (exact) mass is 180 g/mol. The van der Waals surface area contributed by atoms with E-state index < -0.39 is 0 Å². The Hall–Kier alpha value is -1.09. The fraction of sp³-hybridized carbons (Fsp3) is 0.500. The summed E-state index contributed by atoms with van der Waals surface area (Å²) in [7, 11) is 0. The molecule has 0 unspecified atom stereocenters. The molecule has 72 valence electrons. The quantitative estimate of drug-likeness (QED) is 0.695. The molecule has 0 atom stereocenters. The van der Waals surface area contributed by atoms with Crippen LogP contribution in [0.1, 0.15) is 12.6 Å². The van der Waals surface area contributed by atoms with Gasteiger partial charge in [-0.25, -0.2) is 0 Å². The molecule has 13 heavy (non-hydrogen) atoms. The van der Waals surface area contributed by atoms with Crippen molar-refractivity contribution in [2.24, 2.45) is 0 Å². The standard InChI is InChI=1S/C10H16N2O/c1-3-11-6-7-13-10-4-5-12-9(2)8-10/h4-5,8,11H,3,6-7H2,1-2H3. The molecule has 0 fully saturated rings. The van der Waals surface area contributed by atoms with Gasteiger partial charge in [0.1, 0.15) is 12.4 Å². The van der Waals surface area contributed by atoms with E-state index in [1.54, 1.807) is 6.20 Å². The lowest BCUT2D eigenvalue weighted by Crippen LogP contribution is -2.20. The molecule has 0 saturated carbocycles. The highest BCUT2D eigenvalue weighted by Gasteiger charge is 1.93. The molecule has 0 spiro atoms. The van der Waals surface area contributed by atoms with Crippen molar-refractivity contribution in [3.05, 3.63) is 24.0 Å². The van der Waals surface area contributed by atoms with Gasteiger partial charge in [-0.05, 0) is 19.5 Å². The molecule has 0 aromatic carbocycles. The van der Waals surface area contributed by atoms with E-state index in [1.807, 2.05) is 19.1 Å². The third-order valence-corrected chi connectivity index (χ3v) is 1.67. The van der Waals surface area contributed by atoms with Gasteiger partial charge in [0.2, 0.25) is 0 Å². The van der Waals surface area contributed by atoms with Crippen LogP contribution in [0.25, 0.3) is 0 Å². The molecule has 0 radical (unpaired) electrons. The molecule has 1 N–H and O–H groups in total. The zero-order valence-corrected chi connectivity index (χ0v) is 8.21. The summed E-state index contributed by atoms with van der Waals surface area (Å²) in [6.45, 7) is 6.61. The van der Waals surface area contributed by atoms with E-state index in [2.05, 4.69) is 17.2 Å². The highest BCUT2D eigenvalue weighted by Crippen LogP contribution is 2.09. The second-order valence-corrected chi connectivity index (χ2v) is 2.83. The lowest BCUT2D eigenvalue weighted by Gasteiger charge is -2.06. The molecule has 1 aromatic heterocycles. The van der Waals surface area contributed by atoms with E-state index in [9.17, 15) is 0 Å². The summed E-state index contributed by atoms with van der Waals surface area (Å²) in [5.41, 5.74) is 0.987. The third kappa shape index (κ3) is 3.90. The first kappa shape index (κ1) is 9.99. The van der Waals surface area contributed by atoms with Crippen LogP contribution >= 0.6 is 0 Å². The Morgan fingerprint density at radius 3 is 3.08 bits per heavy atom. The zero-order valence-electron chi connectivity index (χ0n) is 8.21. The maximum Gasteiger partial charge on any atom is 0.122 e. The molecule has 3 heteroatoms. The van der Waals surface area contributed by atoms with Gasteiger partial charge in [-0.2, -0.15) is 0 Å². The smallest absolute Gasteiger partial charge is 0.122 e. The highest BCUT2D eigenvalue weighted by molar-refractivity contribution is 5.21. The molecule has 0 aliphatic rings. The maximum atomic E-state index is 5.49. The molecule has 1 heterocycles. The predicted octanol–water partition coefficient (Wildman–Crippen LogP) is 1.38. The molecule has 1 rings (SSSR count). The van der Waals surface area contributed by atoms with Gasteiger partial charge in [-0.1, -0.05) is 6.92 Å². The Morgan fingerprint density at radius 1 is 1.54 bits per heavy atom. The van der Waals surface area contributed by atoms with Crippen LogP contribution in [0, 0.1) is 6.92 Å². The van der Waals surface area contributed by atoms with E-state index in [1.165, 1.54) is 0 Å². The molecular formula is C10H16N2O. The second-order valence-electron chi connectivity index (χ2n) is 2.83. The van der Waals surface area contributed by atoms with Gasteiger partial charge in [0.05, 0.1) is 0 Å². The normalized spacial score (nSPS) is 10.0. The minimum atomic E-state index is 0.706. The first-order valence-electron chi connectivity index (χ1n) is 4.59. The summed E-state index contributed by atoms with van der Waals surface area (Å²) in [5, 5.41) is 3.19. The largest absolute Gasteiger partial charge is 0.492 e. The Morgan fingerprint density at radius 2 is 2.38 bits per heavy atom. The number of hydrogen-bond donors (Lipinski definition) is 1. The fourth-order valence-corrected chi connectivity index (χ4v) is 1.03. The minimum Gasteiger partial charge on any atom is -0.492 e. The molecule has 0 aliphatic carbocycles. The Labute approximate surface area is 79.1 Å². The van der Waals surface area contributed by atoms with Crippen LogP contribution in [0.15, 0.2) is 18.3 Å². The van der Waals surface area contributed by atoms with Gasteiger partial charge in [-0.3, -0.25) is 4.98 Å². The van der Waals surface area contributed by atoms with Gasteiger partial charge in [0, 0.05) is 24.5 Å². The van der Waals surface area contributed by atoms with Crippen LogP contribution in [-0.4, -0.2) is 24.7 Å². The van der Waals surface area contributed by atoms with Crippen molar-refractivity contribution in [2.45, 2.75) is 13.8 Å². The number of nitrogens with zero attached hydrogens (tertiary/aromatic N) is 1. The van der Waals surface area contributed by atoms with Crippen LogP contribution in [0.2, 0.25) is 0 Å². The van der Waals surface area contributed by atoms with E-state index in [-0.39, 0.29) is 0 Å². The Kier molecular flexibility index (Phi) is 4.26. The van der Waals surface area contributed by atoms with Crippen molar-refractivity contribution in [1.29, 1.82) is 0 Å². The van der Waals surface area contributed by atoms with Crippen molar-refractivity contribution in [1.82, 2.24) is 10.3 Å². The minimum absolute atomic E-state index is 0.706. The van der Waals surface area contributed by atoms with Crippen LogP contribution in [-0.2, 0) is 0 Å². The number of likely N-dealkylation sites (N-methyl/N-ethyl adjacent to an activating group) is 1. The third-order valence-electron chi connectivity index (χ3n) is 1.67. The van der Waals surface area contributed by atoms with Crippen molar-refractivity contribution >= 4 is 0 Å². The molecule has 0 amide bonds. The summed E-state index contributed by atoms with van der Waals surface area (Å²) in [6, 6.07) is 3.81. The lowest BCUT2D eigenvalue weighted by molar-refractivity contribution is 0.315. The average molecular weight is 180 g/mol. The summed E-state index contributed by atoms with van der Waals surface area (Å²) in [5.74, 6) is 0.894. The number of hydrogen-bond acceptors (Lipinski definition) is 3. The topological polar surface area (TPSA) is 34.1 Å². The molecule has 3 nitrogen and oxygen atoms in total. The molecule has 0 saturated heterocycles. The second kappa shape index (κ2) is 5.54. The fourth-order valence-electron chi connectivity index (χ4n) is 1.03. The van der Waals surface area contributed by atoms with Crippen molar-refractivity contribution in [2.75, 3.05) is 19.7 Å². The van der Waals surface area contributed by atoms with Crippen molar-refractivity contribution < 1.29 is 4.74 Å². The maximum absolute atomic E-state index is 5.49. The molecular weight excluding hydrogens is 164 g/mol. The summed E-state index contributed by atoms with van der Waals surface area (Å²) in [6.07, 6.45) is 1.76. The van der Waals surface area contributed by atoms with Crippen molar-refractivity contribution in [3.8, 4) is 5.75 Å². The predicted molar refractivity (Wildman–Crippen MR) is 53.0 cm³/mol. The van der Waals surface area contributed by atoms with Gasteiger partial charge in [-0.15, -0.1) is 0 Å². The number of aryl methyl sites for hydroxylation is 1. The first-order valence-corrected chi connectivity index (χ1v) is 4.59. The first-order chi connectivity index (χ1) is 6.33. The molecule has 0 bridgehead atoms. The van der Waals surface area contributed by atoms with Crippen LogP contribution in [0.3, 0.4) is 0 Å². The average Bonchev–Trinajstić information content (AvgIpc) is 2.13. The number of nitrogens with one attached hydrogen (secondary N) is 1. The number of ether oxygens (including phenoxy) is 1. The SMILES string of the molecule is CCNCCOc1ccnc(C)c1. The van der Waals surface area contributed by atoms with Gasteiger partial charge >= 0.3 is 0 Å². The van der Waals surface area contributed by atoms with E-state index >= 15 is 0 Å². The summed E-state index contributed by atoms with van der Waals surface area (Å²) < 4.78 is 5.49. The van der Waals surface area contributed by atoms with E-state index in [0.717, 1.165) is 24.5 Å². The van der Waals surface area contributed by atoms with Gasteiger partial charge in [0.25, 0.3) is 0 Å². The Balaban J connectivity index is 2.28.